The molecule has 2 aromatic rings. The normalized spacial score (nSPS) is 11.9. The molecule has 4 heteroatoms. The Labute approximate surface area is 125 Å². The van der Waals surface area contributed by atoms with E-state index in [1.54, 1.807) is 0 Å². The van der Waals surface area contributed by atoms with Crippen molar-refractivity contribution in [1.29, 1.82) is 0 Å². The average Bonchev–Trinajstić information content (AvgIpc) is 2.46. The summed E-state index contributed by atoms with van der Waals surface area (Å²) >= 11 is 5.90. The van der Waals surface area contributed by atoms with E-state index in [2.05, 4.69) is 29.5 Å². The molecular formula is C16H20ClN3. The first-order chi connectivity index (χ1) is 9.69. The Morgan fingerprint density at radius 2 is 1.80 bits per heavy atom. The summed E-state index contributed by atoms with van der Waals surface area (Å²) in [7, 11) is 0. The van der Waals surface area contributed by atoms with Gasteiger partial charge in [0.25, 0.3) is 0 Å². The molecule has 0 bridgehead atoms. The molecule has 2 rings (SSSR count). The lowest BCUT2D eigenvalue weighted by Gasteiger charge is -2.16. The van der Waals surface area contributed by atoms with E-state index >= 15 is 0 Å². The van der Waals surface area contributed by atoms with Crippen molar-refractivity contribution in [2.75, 3.05) is 17.2 Å². The summed E-state index contributed by atoms with van der Waals surface area (Å²) in [4.78, 5) is 4.55. The molecule has 2 N–H and O–H groups in total. The van der Waals surface area contributed by atoms with Crippen LogP contribution in [-0.2, 0) is 0 Å². The van der Waals surface area contributed by atoms with Crippen molar-refractivity contribution < 1.29 is 0 Å². The Balaban J connectivity index is 2.03. The maximum absolute atomic E-state index is 5.90. The molecule has 1 atom stereocenters. The summed E-state index contributed by atoms with van der Waals surface area (Å²) in [5.41, 5.74) is 1.18. The summed E-state index contributed by atoms with van der Waals surface area (Å²) in [5.74, 6) is 1.77. The van der Waals surface area contributed by atoms with Gasteiger partial charge >= 0.3 is 0 Å². The lowest BCUT2D eigenvalue weighted by molar-refractivity contribution is 0.874. The van der Waals surface area contributed by atoms with Crippen molar-refractivity contribution in [3.8, 4) is 0 Å². The van der Waals surface area contributed by atoms with Crippen LogP contribution in [0.25, 0.3) is 0 Å². The third-order valence-electron chi connectivity index (χ3n) is 3.04. The Kier molecular flexibility index (Phi) is 5.24. The minimum atomic E-state index is 0.182. The van der Waals surface area contributed by atoms with E-state index in [9.17, 15) is 0 Å². The molecule has 0 aliphatic heterocycles. The zero-order valence-corrected chi connectivity index (χ0v) is 12.6. The van der Waals surface area contributed by atoms with Crippen molar-refractivity contribution in [3.63, 3.8) is 0 Å². The summed E-state index contributed by atoms with van der Waals surface area (Å²) in [6.45, 7) is 5.18. The van der Waals surface area contributed by atoms with Gasteiger partial charge in [-0.05, 0) is 43.2 Å². The van der Waals surface area contributed by atoms with Crippen molar-refractivity contribution in [3.05, 3.63) is 53.1 Å². The zero-order chi connectivity index (χ0) is 14.4. The third kappa shape index (κ3) is 4.14. The maximum Gasteiger partial charge on any atom is 0.128 e. The van der Waals surface area contributed by atoms with Crippen molar-refractivity contribution >= 4 is 23.2 Å². The number of anilines is 2. The van der Waals surface area contributed by atoms with E-state index in [4.69, 9.17) is 11.6 Å². The Hall–Kier alpha value is -1.74. The number of nitrogens with zero attached hydrogens (tertiary/aromatic N) is 1. The molecule has 0 amide bonds. The molecule has 0 radical (unpaired) electrons. The van der Waals surface area contributed by atoms with Crippen molar-refractivity contribution in [1.82, 2.24) is 4.98 Å². The summed E-state index contributed by atoms with van der Waals surface area (Å²) in [6, 6.07) is 14.0. The van der Waals surface area contributed by atoms with Crippen molar-refractivity contribution in [2.24, 2.45) is 0 Å². The van der Waals surface area contributed by atoms with Gasteiger partial charge in [0.05, 0.1) is 0 Å². The molecule has 20 heavy (non-hydrogen) atoms. The molecule has 0 saturated heterocycles. The highest BCUT2D eigenvalue weighted by Gasteiger charge is 2.06. The minimum absolute atomic E-state index is 0.182. The van der Waals surface area contributed by atoms with Crippen LogP contribution < -0.4 is 10.6 Å². The second-order valence-corrected chi connectivity index (χ2v) is 5.19. The smallest absolute Gasteiger partial charge is 0.128 e. The number of halogens is 1. The predicted octanol–water partition coefficient (Wildman–Crippen LogP) is 4.73. The fourth-order valence-electron chi connectivity index (χ4n) is 1.92. The molecule has 1 heterocycles. The molecule has 0 spiro atoms. The molecule has 0 aliphatic rings. The highest BCUT2D eigenvalue weighted by molar-refractivity contribution is 6.30. The second kappa shape index (κ2) is 7.15. The van der Waals surface area contributed by atoms with Crippen LogP contribution in [0.2, 0.25) is 5.02 Å². The zero-order valence-electron chi connectivity index (χ0n) is 11.9. The molecule has 106 valence electrons. The van der Waals surface area contributed by atoms with Gasteiger partial charge in [0, 0.05) is 17.6 Å². The number of hydrogen-bond acceptors (Lipinski definition) is 3. The van der Waals surface area contributed by atoms with Gasteiger partial charge in [-0.25, -0.2) is 4.98 Å². The standard InChI is InChI=1S/C16H20ClN3/c1-3-11-18-15-5-4-6-16(20-15)19-12(2)13-7-9-14(17)10-8-13/h4-10,12H,3,11H2,1-2H3,(H2,18,19,20). The Morgan fingerprint density at radius 1 is 1.10 bits per heavy atom. The van der Waals surface area contributed by atoms with Crippen LogP contribution in [-0.4, -0.2) is 11.5 Å². The predicted molar refractivity (Wildman–Crippen MR) is 86.5 cm³/mol. The highest BCUT2D eigenvalue weighted by atomic mass is 35.5. The fourth-order valence-corrected chi connectivity index (χ4v) is 2.05. The lowest BCUT2D eigenvalue weighted by atomic mass is 10.1. The summed E-state index contributed by atoms with van der Waals surface area (Å²) in [5, 5.41) is 7.44. The summed E-state index contributed by atoms with van der Waals surface area (Å²) < 4.78 is 0. The Morgan fingerprint density at radius 3 is 2.50 bits per heavy atom. The molecule has 0 saturated carbocycles. The lowest BCUT2D eigenvalue weighted by Crippen LogP contribution is -2.09. The molecule has 1 aromatic heterocycles. The number of benzene rings is 1. The van der Waals surface area contributed by atoms with Crippen molar-refractivity contribution in [2.45, 2.75) is 26.3 Å². The first-order valence-electron chi connectivity index (χ1n) is 6.92. The Bertz CT molecular complexity index is 540. The van der Waals surface area contributed by atoms with E-state index in [-0.39, 0.29) is 6.04 Å². The largest absolute Gasteiger partial charge is 0.370 e. The number of nitrogens with one attached hydrogen (secondary N) is 2. The number of rotatable bonds is 6. The van der Waals surface area contributed by atoms with Crippen LogP contribution in [0.15, 0.2) is 42.5 Å². The fraction of sp³-hybridized carbons (Fsp3) is 0.312. The van der Waals surface area contributed by atoms with Crippen LogP contribution in [0.4, 0.5) is 11.6 Å². The van der Waals surface area contributed by atoms with Crippen LogP contribution in [0.1, 0.15) is 31.9 Å². The second-order valence-electron chi connectivity index (χ2n) is 4.75. The number of aromatic nitrogens is 1. The monoisotopic (exact) mass is 289 g/mol. The van der Waals surface area contributed by atoms with Gasteiger partial charge in [0.15, 0.2) is 0 Å². The highest BCUT2D eigenvalue weighted by Crippen LogP contribution is 2.20. The van der Waals surface area contributed by atoms with E-state index in [1.807, 2.05) is 42.5 Å². The average molecular weight is 290 g/mol. The van der Waals surface area contributed by atoms with E-state index in [0.29, 0.717) is 0 Å². The van der Waals surface area contributed by atoms with E-state index in [0.717, 1.165) is 29.6 Å². The molecule has 1 unspecified atom stereocenters. The van der Waals surface area contributed by atoms with Gasteiger partial charge in [-0.1, -0.05) is 36.7 Å². The first kappa shape index (κ1) is 14.7. The van der Waals surface area contributed by atoms with Crippen LogP contribution >= 0.6 is 11.6 Å². The molecular weight excluding hydrogens is 270 g/mol. The van der Waals surface area contributed by atoms with E-state index in [1.165, 1.54) is 5.56 Å². The summed E-state index contributed by atoms with van der Waals surface area (Å²) in [6.07, 6.45) is 1.08. The number of pyridine rings is 1. The molecule has 0 aliphatic carbocycles. The number of hydrogen-bond donors (Lipinski definition) is 2. The maximum atomic E-state index is 5.90. The molecule has 1 aromatic carbocycles. The molecule has 0 fully saturated rings. The van der Waals surface area contributed by atoms with Crippen LogP contribution in [0.5, 0.6) is 0 Å². The van der Waals surface area contributed by atoms with E-state index < -0.39 is 0 Å². The van der Waals surface area contributed by atoms with Crippen LogP contribution in [0, 0.1) is 0 Å². The van der Waals surface area contributed by atoms with Gasteiger partial charge in [0.1, 0.15) is 11.6 Å². The quantitative estimate of drug-likeness (QED) is 0.807. The van der Waals surface area contributed by atoms with Gasteiger partial charge in [-0.2, -0.15) is 0 Å². The van der Waals surface area contributed by atoms with Gasteiger partial charge in [0.2, 0.25) is 0 Å². The first-order valence-corrected chi connectivity index (χ1v) is 7.29. The molecule has 3 nitrogen and oxygen atoms in total. The third-order valence-corrected chi connectivity index (χ3v) is 3.29. The van der Waals surface area contributed by atoms with Crippen LogP contribution in [0.3, 0.4) is 0 Å². The van der Waals surface area contributed by atoms with Gasteiger partial charge in [-0.3, -0.25) is 0 Å². The van der Waals surface area contributed by atoms with Gasteiger partial charge in [-0.15, -0.1) is 0 Å². The SMILES string of the molecule is CCCNc1cccc(NC(C)c2ccc(Cl)cc2)n1. The topological polar surface area (TPSA) is 37.0 Å². The minimum Gasteiger partial charge on any atom is -0.370 e. The van der Waals surface area contributed by atoms with Gasteiger partial charge < -0.3 is 10.6 Å².